The average Bonchev–Trinajstić information content (AvgIpc) is 1.10. The highest BCUT2D eigenvalue weighted by Gasteiger charge is 2.07. The fourth-order valence-electron chi connectivity index (χ4n) is 9.99. The van der Waals surface area contributed by atoms with Gasteiger partial charge in [0.05, 0.1) is 608 Å². The summed E-state index contributed by atoms with van der Waals surface area (Å²) in [4.78, 5) is 0. The number of rotatable bonds is 137. The van der Waals surface area contributed by atoms with E-state index in [2.05, 4.69) is 0 Å². The van der Waals surface area contributed by atoms with Crippen LogP contribution in [0.15, 0.2) is 0 Å². The summed E-state index contributed by atoms with van der Waals surface area (Å²) in [5.41, 5.74) is 0. The van der Waals surface area contributed by atoms with Gasteiger partial charge in [-0.3, -0.25) is 0 Å². The Morgan fingerprint density at radius 1 is 0.0714 bits per heavy atom. The lowest BCUT2D eigenvalue weighted by molar-refractivity contribution is -0.0330. The fourth-order valence-corrected chi connectivity index (χ4v) is 9.99. The summed E-state index contributed by atoms with van der Waals surface area (Å²) in [6, 6.07) is 0. The maximum absolute atomic E-state index is 8.63. The normalized spacial score (nSPS) is 11.9. The molecule has 0 aromatic carbocycles. The smallest absolute Gasteiger partial charge is 0.0701 e. The molecule has 0 heterocycles. The summed E-state index contributed by atoms with van der Waals surface area (Å²) >= 11 is 0. The van der Waals surface area contributed by atoms with Gasteiger partial charge in [0.1, 0.15) is 0 Å². The second-order valence-corrected chi connectivity index (χ2v) is 28.3. The van der Waals surface area contributed by atoms with E-state index in [4.69, 9.17) is 223 Å². The largest absolute Gasteiger partial charge is 0.394 e. The van der Waals surface area contributed by atoms with Gasteiger partial charge in [-0.2, -0.15) is 0 Å². The van der Waals surface area contributed by atoms with E-state index in [0.717, 1.165) is 0 Å². The molecule has 47 heteroatoms. The van der Waals surface area contributed by atoms with E-state index >= 15 is 0 Å². The molecule has 842 valence electrons. The lowest BCUT2D eigenvalue weighted by atomic mass is 10.6. The number of methoxy groups -OCH3 is 1. The molecule has 47 nitrogen and oxygen atoms in total. The molecular formula is C93H188O47. The number of hydrogen-bond acceptors (Lipinski definition) is 47. The van der Waals surface area contributed by atoms with Crippen LogP contribution in [0.4, 0.5) is 0 Å². The van der Waals surface area contributed by atoms with Gasteiger partial charge < -0.3 is 223 Å². The predicted molar refractivity (Wildman–Crippen MR) is 506 cm³/mol. The molecule has 0 amide bonds. The van der Waals surface area contributed by atoms with Crippen LogP contribution in [0.1, 0.15) is 0 Å². The lowest BCUT2D eigenvalue weighted by Crippen LogP contribution is -2.16. The molecule has 0 saturated carbocycles. The van der Waals surface area contributed by atoms with Crippen molar-refractivity contribution in [1.29, 1.82) is 0 Å². The molecule has 0 unspecified atom stereocenters. The quantitative estimate of drug-likeness (QED) is 0.0804. The Labute approximate surface area is 834 Å². The van der Waals surface area contributed by atoms with Crippen molar-refractivity contribution in [3.05, 3.63) is 0 Å². The van der Waals surface area contributed by atoms with Crippen LogP contribution < -0.4 is 0 Å². The third kappa shape index (κ3) is 136. The van der Waals surface area contributed by atoms with Crippen LogP contribution in [0.5, 0.6) is 0 Å². The van der Waals surface area contributed by atoms with Crippen LogP contribution in [-0.4, -0.2) is 620 Å². The van der Waals surface area contributed by atoms with Gasteiger partial charge in [-0.15, -0.1) is 0 Å². The third-order valence-corrected chi connectivity index (χ3v) is 17.0. The summed E-state index contributed by atoms with van der Waals surface area (Å²) in [7, 11) is 1.64. The minimum absolute atomic E-state index is 0.0142. The zero-order valence-corrected chi connectivity index (χ0v) is 85.3. The zero-order chi connectivity index (χ0) is 99.6. The second kappa shape index (κ2) is 137. The highest BCUT2D eigenvalue weighted by atomic mass is 16.7. The lowest BCUT2D eigenvalue weighted by Gasteiger charge is -2.09. The van der Waals surface area contributed by atoms with E-state index in [9.17, 15) is 0 Å². The van der Waals surface area contributed by atoms with Crippen LogP contribution in [0.2, 0.25) is 0 Å². The zero-order valence-electron chi connectivity index (χ0n) is 85.3. The molecule has 0 saturated heterocycles. The van der Waals surface area contributed by atoms with E-state index in [1.807, 2.05) is 0 Å². The van der Waals surface area contributed by atoms with E-state index in [1.54, 1.807) is 7.11 Å². The number of aliphatic hydroxyl groups excluding tert-OH is 1. The molecule has 0 aliphatic rings. The van der Waals surface area contributed by atoms with Crippen molar-refractivity contribution in [2.75, 3.05) is 615 Å². The monoisotopic (exact) mass is 2060 g/mol. The molecule has 0 bridgehead atoms. The van der Waals surface area contributed by atoms with Crippen LogP contribution in [0.25, 0.3) is 0 Å². The Morgan fingerprint density at radius 3 is 0.157 bits per heavy atom. The fraction of sp³-hybridized carbons (Fsp3) is 1.00. The maximum atomic E-state index is 8.63. The molecule has 0 radical (unpaired) electrons. The molecule has 1 N–H and O–H groups in total. The Bertz CT molecular complexity index is 1780. The van der Waals surface area contributed by atoms with Gasteiger partial charge in [-0.25, -0.2) is 0 Å². The molecule has 140 heavy (non-hydrogen) atoms. The van der Waals surface area contributed by atoms with E-state index in [0.29, 0.717) is 601 Å². The highest BCUT2D eigenvalue weighted by molar-refractivity contribution is 4.49. The van der Waals surface area contributed by atoms with Crippen molar-refractivity contribution in [3.8, 4) is 0 Å². The van der Waals surface area contributed by atoms with Gasteiger partial charge >= 0.3 is 0 Å². The number of hydrogen-bond donors (Lipinski definition) is 1. The van der Waals surface area contributed by atoms with Crippen molar-refractivity contribution in [2.45, 2.75) is 0 Å². The Balaban J connectivity index is 3.10. The average molecular weight is 2060 g/mol. The minimum Gasteiger partial charge on any atom is -0.394 e. The van der Waals surface area contributed by atoms with Crippen molar-refractivity contribution in [1.82, 2.24) is 0 Å². The number of aliphatic hydroxyl groups is 1. The SMILES string of the molecule is COCCOCCOCCOCCOCCOCCOCCOCCOCCOCCOCCOCCOCCOCCOCCOCCOCCOCCOCCOCCOCCOCCOCCOCCOCCOCCOCCOCCOCCOCCOCCOCCOCCOCCOCCOCCOCCOCCOCCOCCOCCOCCOCCOCCOCCOCCO. The topological polar surface area (TPSA) is 445 Å². The van der Waals surface area contributed by atoms with Gasteiger partial charge in [0.25, 0.3) is 0 Å². The first-order valence-corrected chi connectivity index (χ1v) is 50.0. The summed E-state index contributed by atoms with van der Waals surface area (Å²) < 4.78 is 253. The summed E-state index contributed by atoms with van der Waals surface area (Å²) in [6.45, 7) is 43.8. The molecule has 0 aromatic heterocycles. The van der Waals surface area contributed by atoms with Crippen molar-refractivity contribution >= 4 is 0 Å². The second-order valence-electron chi connectivity index (χ2n) is 28.3. The first-order valence-electron chi connectivity index (χ1n) is 50.0. The molecule has 0 spiro atoms. The maximum Gasteiger partial charge on any atom is 0.0701 e. The Morgan fingerprint density at radius 2 is 0.114 bits per heavy atom. The van der Waals surface area contributed by atoms with Gasteiger partial charge in [0.2, 0.25) is 0 Å². The van der Waals surface area contributed by atoms with Crippen LogP contribution >= 0.6 is 0 Å². The van der Waals surface area contributed by atoms with Gasteiger partial charge in [-0.05, 0) is 0 Å². The third-order valence-electron chi connectivity index (χ3n) is 17.0. The summed E-state index contributed by atoms with van der Waals surface area (Å²) in [6.07, 6.45) is 0. The van der Waals surface area contributed by atoms with E-state index in [-0.39, 0.29) is 6.61 Å². The van der Waals surface area contributed by atoms with Crippen LogP contribution in [-0.2, 0) is 218 Å². The molecule has 0 aliphatic heterocycles. The van der Waals surface area contributed by atoms with Gasteiger partial charge in [0.15, 0.2) is 0 Å². The highest BCUT2D eigenvalue weighted by Crippen LogP contribution is 1.98. The number of ether oxygens (including phenoxy) is 46. The van der Waals surface area contributed by atoms with Gasteiger partial charge in [-0.1, -0.05) is 0 Å². The molecule has 0 fully saturated rings. The summed E-state index contributed by atoms with van der Waals surface area (Å²) in [5, 5.41) is 8.63. The first-order chi connectivity index (χ1) is 69.9. The van der Waals surface area contributed by atoms with E-state index < -0.39 is 0 Å². The molecule has 0 atom stereocenters. The molecule has 0 aromatic rings. The molecule has 0 aliphatic carbocycles. The van der Waals surface area contributed by atoms with Crippen LogP contribution in [0.3, 0.4) is 0 Å². The minimum atomic E-state index is 0.0142. The predicted octanol–water partition coefficient (Wildman–Crippen LogP) is 0.372. The van der Waals surface area contributed by atoms with Gasteiger partial charge in [0, 0.05) is 7.11 Å². The molecule has 0 rings (SSSR count). The van der Waals surface area contributed by atoms with Crippen molar-refractivity contribution in [2.24, 2.45) is 0 Å². The van der Waals surface area contributed by atoms with Crippen molar-refractivity contribution < 1.29 is 223 Å². The first kappa shape index (κ1) is 138. The molecular weight excluding hydrogens is 1870 g/mol. The van der Waals surface area contributed by atoms with Crippen LogP contribution in [0, 0.1) is 0 Å². The Kier molecular flexibility index (Phi) is 135. The summed E-state index contributed by atoms with van der Waals surface area (Å²) in [5.74, 6) is 0. The van der Waals surface area contributed by atoms with E-state index in [1.165, 1.54) is 0 Å². The Hall–Kier alpha value is -1.88. The standard InChI is InChI=1S/C93H188O47/c1-95-4-5-97-8-9-99-12-13-101-16-17-103-20-21-105-24-25-107-28-29-109-32-33-111-36-37-113-40-41-115-44-45-117-48-49-119-52-53-121-56-57-123-60-61-125-64-65-127-68-69-129-72-73-131-76-77-133-80-81-135-84-85-137-88-89-139-92-93-140-91-90-138-87-86-136-83-82-134-79-78-132-75-74-130-71-70-128-67-66-126-63-62-124-59-58-122-55-54-120-51-50-118-47-46-116-43-42-114-39-38-112-35-34-110-31-30-108-27-26-106-23-22-104-19-18-102-15-14-100-11-10-98-7-6-96-3-2-94/h94H,2-93H2,1H3. The van der Waals surface area contributed by atoms with Crippen molar-refractivity contribution in [3.63, 3.8) is 0 Å².